The minimum atomic E-state index is -5.31. The van der Waals surface area contributed by atoms with Gasteiger partial charge in [0, 0.05) is 0 Å². The van der Waals surface area contributed by atoms with E-state index in [-0.39, 0.29) is 0 Å². The number of amides is 2. The first-order valence-corrected chi connectivity index (χ1v) is 4.10. The second-order valence-corrected chi connectivity index (χ2v) is 2.88. The first-order valence-electron chi connectivity index (χ1n) is 4.10. The fourth-order valence-corrected chi connectivity index (χ4v) is 0.951. The van der Waals surface area contributed by atoms with Gasteiger partial charge in [-0.25, -0.2) is 8.78 Å². The van der Waals surface area contributed by atoms with E-state index >= 15 is 0 Å². The van der Waals surface area contributed by atoms with Gasteiger partial charge in [0.25, 0.3) is 5.91 Å². The second-order valence-electron chi connectivity index (χ2n) is 2.88. The Labute approximate surface area is 91.2 Å². The van der Waals surface area contributed by atoms with Crippen LogP contribution in [0.2, 0.25) is 0 Å². The van der Waals surface area contributed by atoms with Crippen LogP contribution in [0, 0.1) is 11.6 Å². The van der Waals surface area contributed by atoms with E-state index in [4.69, 9.17) is 0 Å². The maximum atomic E-state index is 13.0. The quantitative estimate of drug-likeness (QED) is 0.775. The number of halogens is 5. The van der Waals surface area contributed by atoms with E-state index in [1.165, 1.54) is 0 Å². The zero-order valence-corrected chi connectivity index (χ0v) is 7.94. The summed E-state index contributed by atoms with van der Waals surface area (Å²) in [7, 11) is 0. The van der Waals surface area contributed by atoms with Gasteiger partial charge < -0.3 is 0 Å². The summed E-state index contributed by atoms with van der Waals surface area (Å²) in [6, 6.07) is 2.28. The number of carbonyl (C=O) groups excluding carboxylic acids is 2. The van der Waals surface area contributed by atoms with Crippen LogP contribution in [0.4, 0.5) is 22.0 Å². The lowest BCUT2D eigenvalue weighted by atomic mass is 10.2. The Hall–Kier alpha value is -1.99. The topological polar surface area (TPSA) is 46.2 Å². The van der Waals surface area contributed by atoms with Crippen LogP contribution in [0.25, 0.3) is 0 Å². The fourth-order valence-electron chi connectivity index (χ4n) is 0.951. The molecule has 0 bridgehead atoms. The summed E-state index contributed by atoms with van der Waals surface area (Å²) in [6.07, 6.45) is -5.31. The number of hydrogen-bond acceptors (Lipinski definition) is 2. The number of benzene rings is 1. The van der Waals surface area contributed by atoms with Crippen LogP contribution in [0.1, 0.15) is 10.4 Å². The van der Waals surface area contributed by atoms with Gasteiger partial charge in [-0.3, -0.25) is 14.9 Å². The summed E-state index contributed by atoms with van der Waals surface area (Å²) in [5.41, 5.74) is -1.25. The maximum Gasteiger partial charge on any atom is 0.471 e. The summed E-state index contributed by atoms with van der Waals surface area (Å²) in [4.78, 5) is 21.4. The van der Waals surface area contributed by atoms with Crippen LogP contribution < -0.4 is 5.32 Å². The Balaban J connectivity index is 2.96. The highest BCUT2D eigenvalue weighted by molar-refractivity contribution is 6.06. The number of hydrogen-bond donors (Lipinski definition) is 1. The predicted octanol–water partition coefficient (Wildman–Crippen LogP) is 1.78. The summed E-state index contributed by atoms with van der Waals surface area (Å²) in [5, 5.41) is 0.835. The van der Waals surface area contributed by atoms with Crippen LogP contribution in [0.5, 0.6) is 0 Å². The molecule has 92 valence electrons. The second kappa shape index (κ2) is 4.48. The van der Waals surface area contributed by atoms with Crippen molar-refractivity contribution in [1.29, 1.82) is 0 Å². The molecule has 0 saturated carbocycles. The highest BCUT2D eigenvalue weighted by Crippen LogP contribution is 2.16. The Morgan fingerprint density at radius 2 is 1.53 bits per heavy atom. The molecule has 0 fully saturated rings. The van der Waals surface area contributed by atoms with Crippen LogP contribution in [-0.2, 0) is 4.79 Å². The van der Waals surface area contributed by atoms with E-state index in [2.05, 4.69) is 0 Å². The van der Waals surface area contributed by atoms with Gasteiger partial charge in [0.05, 0.1) is 0 Å². The van der Waals surface area contributed by atoms with Crippen molar-refractivity contribution in [3.8, 4) is 0 Å². The van der Waals surface area contributed by atoms with Crippen molar-refractivity contribution < 1.29 is 31.5 Å². The highest BCUT2D eigenvalue weighted by Gasteiger charge is 2.40. The van der Waals surface area contributed by atoms with Gasteiger partial charge >= 0.3 is 12.1 Å². The van der Waals surface area contributed by atoms with E-state index in [0.717, 1.165) is 11.4 Å². The van der Waals surface area contributed by atoms with Gasteiger partial charge in [0.2, 0.25) is 0 Å². The first-order chi connectivity index (χ1) is 7.73. The Morgan fingerprint density at radius 3 is 1.94 bits per heavy atom. The van der Waals surface area contributed by atoms with Crippen molar-refractivity contribution in [2.45, 2.75) is 6.18 Å². The lowest BCUT2D eigenvalue weighted by Gasteiger charge is -2.07. The van der Waals surface area contributed by atoms with Crippen LogP contribution in [-0.4, -0.2) is 18.0 Å². The molecule has 1 N–H and O–H groups in total. The summed E-state index contributed by atoms with van der Waals surface area (Å²) in [5.74, 6) is -7.11. The molecule has 1 rings (SSSR count). The minimum absolute atomic E-state index is 0.677. The van der Waals surface area contributed by atoms with Gasteiger partial charge in [-0.05, 0) is 12.1 Å². The first kappa shape index (κ1) is 13.1. The smallest absolute Gasteiger partial charge is 0.284 e. The lowest BCUT2D eigenvalue weighted by molar-refractivity contribution is -0.172. The standard InChI is InChI=1S/C9H4F5NO2/c10-4-2-1-3-5(11)6(4)7(16)15-8(17)9(12,13)14/h1-3H,(H,15,16,17). The molecule has 8 heteroatoms. The molecular weight excluding hydrogens is 249 g/mol. The third-order valence-electron chi connectivity index (χ3n) is 1.67. The van der Waals surface area contributed by atoms with Gasteiger partial charge in [-0.15, -0.1) is 0 Å². The third-order valence-corrected chi connectivity index (χ3v) is 1.67. The average Bonchev–Trinajstić information content (AvgIpc) is 2.15. The molecule has 0 aromatic heterocycles. The largest absolute Gasteiger partial charge is 0.471 e. The molecule has 1 aromatic rings. The molecule has 0 saturated heterocycles. The average molecular weight is 253 g/mol. The molecule has 3 nitrogen and oxygen atoms in total. The van der Waals surface area contributed by atoms with Crippen molar-refractivity contribution in [3.63, 3.8) is 0 Å². The molecule has 0 aliphatic heterocycles. The van der Waals surface area contributed by atoms with Gasteiger partial charge in [-0.2, -0.15) is 13.2 Å². The van der Waals surface area contributed by atoms with E-state index in [9.17, 15) is 31.5 Å². The molecule has 0 unspecified atom stereocenters. The molecule has 0 heterocycles. The van der Waals surface area contributed by atoms with Gasteiger partial charge in [0.1, 0.15) is 17.2 Å². The maximum absolute atomic E-state index is 13.0. The number of carbonyl (C=O) groups is 2. The van der Waals surface area contributed by atoms with Crippen LogP contribution in [0.3, 0.4) is 0 Å². The molecule has 0 aliphatic carbocycles. The number of nitrogens with one attached hydrogen (secondary N) is 1. The molecule has 0 spiro atoms. The molecule has 0 radical (unpaired) electrons. The zero-order valence-electron chi connectivity index (χ0n) is 7.94. The number of imide groups is 1. The van der Waals surface area contributed by atoms with E-state index in [1.54, 1.807) is 0 Å². The Bertz CT molecular complexity index is 449. The summed E-state index contributed by atoms with van der Waals surface area (Å²) >= 11 is 0. The number of rotatable bonds is 1. The SMILES string of the molecule is O=C(NC(=O)C(F)(F)F)c1c(F)cccc1F. The Kier molecular flexibility index (Phi) is 3.45. The molecule has 0 aliphatic rings. The Morgan fingerprint density at radius 1 is 1.06 bits per heavy atom. The zero-order chi connectivity index (χ0) is 13.2. The molecule has 1 aromatic carbocycles. The van der Waals surface area contributed by atoms with E-state index in [0.29, 0.717) is 12.1 Å². The third kappa shape index (κ3) is 2.99. The van der Waals surface area contributed by atoms with Gasteiger partial charge in [-0.1, -0.05) is 6.07 Å². The van der Waals surface area contributed by atoms with Crippen molar-refractivity contribution >= 4 is 11.8 Å². The predicted molar refractivity (Wildman–Crippen MR) is 44.9 cm³/mol. The highest BCUT2D eigenvalue weighted by atomic mass is 19.4. The van der Waals surface area contributed by atoms with Crippen molar-refractivity contribution in [2.75, 3.05) is 0 Å². The van der Waals surface area contributed by atoms with Crippen molar-refractivity contribution in [3.05, 3.63) is 35.4 Å². The van der Waals surface area contributed by atoms with Crippen molar-refractivity contribution in [2.24, 2.45) is 0 Å². The van der Waals surface area contributed by atoms with Crippen molar-refractivity contribution in [1.82, 2.24) is 5.32 Å². The lowest BCUT2D eigenvalue weighted by Crippen LogP contribution is -2.41. The summed E-state index contributed by atoms with van der Waals surface area (Å²) in [6.45, 7) is 0. The van der Waals surface area contributed by atoms with E-state index < -0.39 is 35.2 Å². The fraction of sp³-hybridized carbons (Fsp3) is 0.111. The minimum Gasteiger partial charge on any atom is -0.284 e. The molecule has 0 atom stereocenters. The van der Waals surface area contributed by atoms with Gasteiger partial charge in [0.15, 0.2) is 0 Å². The summed E-state index contributed by atoms with van der Waals surface area (Å²) < 4.78 is 61.2. The molecule has 17 heavy (non-hydrogen) atoms. The normalized spacial score (nSPS) is 11.1. The molecular formula is C9H4F5NO2. The van der Waals surface area contributed by atoms with Crippen LogP contribution >= 0.6 is 0 Å². The molecule has 2 amide bonds. The van der Waals surface area contributed by atoms with E-state index in [1.807, 2.05) is 0 Å². The monoisotopic (exact) mass is 253 g/mol. The van der Waals surface area contributed by atoms with Crippen LogP contribution in [0.15, 0.2) is 18.2 Å². The number of alkyl halides is 3.